The Balaban J connectivity index is 1.57. The van der Waals surface area contributed by atoms with Crippen molar-refractivity contribution in [2.75, 3.05) is 36.5 Å². The van der Waals surface area contributed by atoms with Gasteiger partial charge in [-0.25, -0.2) is 4.98 Å². The molecule has 152 valence electrons. The van der Waals surface area contributed by atoms with Crippen molar-refractivity contribution in [3.63, 3.8) is 0 Å². The molecule has 0 bridgehead atoms. The number of ether oxygens (including phenoxy) is 1. The molecule has 2 aromatic heterocycles. The number of para-hydroxylation sites is 1. The van der Waals surface area contributed by atoms with Crippen LogP contribution < -0.4 is 10.2 Å². The second-order valence-corrected chi connectivity index (χ2v) is 7.83. The van der Waals surface area contributed by atoms with Gasteiger partial charge in [-0.3, -0.25) is 4.40 Å². The molecule has 5 heteroatoms. The number of aryl methyl sites for hydroxylation is 2. The lowest BCUT2D eigenvalue weighted by Crippen LogP contribution is -2.36. The quantitative estimate of drug-likeness (QED) is 0.513. The van der Waals surface area contributed by atoms with Gasteiger partial charge in [0.15, 0.2) is 0 Å². The fraction of sp³-hybridized carbons (Fsp3) is 0.240. The number of nitrogens with zero attached hydrogens (tertiary/aromatic N) is 3. The maximum Gasteiger partial charge on any atom is 0.143 e. The van der Waals surface area contributed by atoms with Crippen LogP contribution in [0.1, 0.15) is 11.1 Å². The number of benzene rings is 2. The van der Waals surface area contributed by atoms with Crippen molar-refractivity contribution in [1.29, 1.82) is 0 Å². The highest BCUT2D eigenvalue weighted by Gasteiger charge is 2.17. The van der Waals surface area contributed by atoms with Crippen LogP contribution in [0.4, 0.5) is 17.2 Å². The Morgan fingerprint density at radius 1 is 0.900 bits per heavy atom. The smallest absolute Gasteiger partial charge is 0.143 e. The topological polar surface area (TPSA) is 41.8 Å². The van der Waals surface area contributed by atoms with E-state index in [-0.39, 0.29) is 0 Å². The van der Waals surface area contributed by atoms with E-state index in [0.29, 0.717) is 0 Å². The maximum atomic E-state index is 5.48. The van der Waals surface area contributed by atoms with Crippen LogP contribution in [0.5, 0.6) is 0 Å². The Hall–Kier alpha value is -3.31. The van der Waals surface area contributed by atoms with E-state index in [4.69, 9.17) is 9.72 Å². The standard InChI is InChI=1S/C25H26N4O/c1-18-7-12-23-27-24(20-8-10-21(11-9-20)28-13-15-30-16-14-28)25(29(23)17-18)26-22-6-4-3-5-19(22)2/h3-12,17,26H,13-16H2,1-2H3. The fourth-order valence-corrected chi connectivity index (χ4v) is 3.96. The molecule has 0 radical (unpaired) electrons. The molecule has 5 rings (SSSR count). The van der Waals surface area contributed by atoms with Gasteiger partial charge in [-0.2, -0.15) is 0 Å². The van der Waals surface area contributed by atoms with Gasteiger partial charge in [0.25, 0.3) is 0 Å². The first-order chi connectivity index (χ1) is 14.7. The molecule has 3 heterocycles. The van der Waals surface area contributed by atoms with Crippen molar-refractivity contribution >= 4 is 22.8 Å². The fourth-order valence-electron chi connectivity index (χ4n) is 3.96. The highest BCUT2D eigenvalue weighted by atomic mass is 16.5. The number of aromatic nitrogens is 2. The number of anilines is 3. The number of rotatable bonds is 4. The Morgan fingerprint density at radius 2 is 1.67 bits per heavy atom. The summed E-state index contributed by atoms with van der Waals surface area (Å²) in [6.45, 7) is 7.68. The zero-order chi connectivity index (χ0) is 20.5. The number of fused-ring (bicyclic) bond motifs is 1. The summed E-state index contributed by atoms with van der Waals surface area (Å²) in [7, 11) is 0. The molecule has 2 aromatic carbocycles. The van der Waals surface area contributed by atoms with Crippen LogP contribution in [0.25, 0.3) is 16.9 Å². The third-order valence-electron chi connectivity index (χ3n) is 5.68. The lowest BCUT2D eigenvalue weighted by molar-refractivity contribution is 0.122. The first-order valence-electron chi connectivity index (χ1n) is 10.4. The molecule has 0 unspecified atom stereocenters. The SMILES string of the molecule is Cc1ccc2nc(-c3ccc(N4CCOCC4)cc3)c(Nc3ccccc3C)n2c1. The Kier molecular flexibility index (Phi) is 4.89. The molecule has 1 aliphatic rings. The van der Waals surface area contributed by atoms with Crippen molar-refractivity contribution in [2.45, 2.75) is 13.8 Å². The largest absolute Gasteiger partial charge is 0.378 e. The normalized spacial score (nSPS) is 14.3. The number of nitrogens with one attached hydrogen (secondary N) is 1. The van der Waals surface area contributed by atoms with Crippen LogP contribution in [-0.4, -0.2) is 35.7 Å². The summed E-state index contributed by atoms with van der Waals surface area (Å²) >= 11 is 0. The minimum Gasteiger partial charge on any atom is -0.378 e. The van der Waals surface area contributed by atoms with Crippen molar-refractivity contribution < 1.29 is 4.74 Å². The van der Waals surface area contributed by atoms with Crippen LogP contribution in [0.15, 0.2) is 66.9 Å². The number of hydrogen-bond donors (Lipinski definition) is 1. The van der Waals surface area contributed by atoms with E-state index in [1.54, 1.807) is 0 Å². The van der Waals surface area contributed by atoms with Gasteiger partial charge >= 0.3 is 0 Å². The summed E-state index contributed by atoms with van der Waals surface area (Å²) in [6, 6.07) is 21.2. The molecule has 1 fully saturated rings. The van der Waals surface area contributed by atoms with Gasteiger partial charge < -0.3 is 15.0 Å². The van der Waals surface area contributed by atoms with Crippen molar-refractivity contribution in [3.8, 4) is 11.3 Å². The first kappa shape index (κ1) is 18.7. The molecule has 4 aromatic rings. The molecule has 0 amide bonds. The number of hydrogen-bond acceptors (Lipinski definition) is 4. The Labute approximate surface area is 176 Å². The van der Waals surface area contributed by atoms with Crippen molar-refractivity contribution in [3.05, 3.63) is 78.0 Å². The third-order valence-corrected chi connectivity index (χ3v) is 5.68. The van der Waals surface area contributed by atoms with Crippen LogP contribution in [0.3, 0.4) is 0 Å². The zero-order valence-corrected chi connectivity index (χ0v) is 17.4. The monoisotopic (exact) mass is 398 g/mol. The van der Waals surface area contributed by atoms with Crippen LogP contribution >= 0.6 is 0 Å². The van der Waals surface area contributed by atoms with Gasteiger partial charge in [0.2, 0.25) is 0 Å². The minimum absolute atomic E-state index is 0.790. The molecule has 1 saturated heterocycles. The molecule has 1 N–H and O–H groups in total. The molecule has 0 aliphatic carbocycles. The zero-order valence-electron chi connectivity index (χ0n) is 17.4. The van der Waals surface area contributed by atoms with Crippen molar-refractivity contribution in [2.24, 2.45) is 0 Å². The molecule has 0 saturated carbocycles. The Bertz CT molecular complexity index is 1170. The predicted octanol–water partition coefficient (Wildman–Crippen LogP) is 5.20. The number of imidazole rings is 1. The third kappa shape index (κ3) is 3.53. The summed E-state index contributed by atoms with van der Waals surface area (Å²) in [4.78, 5) is 7.33. The van der Waals surface area contributed by atoms with Crippen LogP contribution in [0.2, 0.25) is 0 Å². The predicted molar refractivity (Wildman–Crippen MR) is 123 cm³/mol. The molecule has 0 spiro atoms. The lowest BCUT2D eigenvalue weighted by atomic mass is 10.1. The summed E-state index contributed by atoms with van der Waals surface area (Å²) in [5.74, 6) is 0.988. The van der Waals surface area contributed by atoms with Gasteiger partial charge in [-0.05, 0) is 49.2 Å². The second kappa shape index (κ2) is 7.84. The maximum absolute atomic E-state index is 5.48. The molecule has 5 nitrogen and oxygen atoms in total. The van der Waals surface area contributed by atoms with E-state index < -0.39 is 0 Å². The van der Waals surface area contributed by atoms with Crippen LogP contribution in [-0.2, 0) is 4.74 Å². The molecule has 1 aliphatic heterocycles. The summed E-state index contributed by atoms with van der Waals surface area (Å²) in [5, 5.41) is 3.64. The molecular weight excluding hydrogens is 372 g/mol. The number of morpholine rings is 1. The summed E-state index contributed by atoms with van der Waals surface area (Å²) < 4.78 is 7.62. The van der Waals surface area contributed by atoms with E-state index in [1.807, 2.05) is 0 Å². The van der Waals surface area contributed by atoms with E-state index in [0.717, 1.165) is 54.7 Å². The average molecular weight is 399 g/mol. The summed E-state index contributed by atoms with van der Waals surface area (Å²) in [5.41, 5.74) is 7.71. The first-order valence-corrected chi connectivity index (χ1v) is 10.4. The van der Waals surface area contributed by atoms with E-state index in [2.05, 4.69) is 95.3 Å². The van der Waals surface area contributed by atoms with Crippen molar-refractivity contribution in [1.82, 2.24) is 9.38 Å². The lowest BCUT2D eigenvalue weighted by Gasteiger charge is -2.28. The second-order valence-electron chi connectivity index (χ2n) is 7.83. The van der Waals surface area contributed by atoms with E-state index in [9.17, 15) is 0 Å². The van der Waals surface area contributed by atoms with E-state index in [1.165, 1.54) is 16.8 Å². The molecular formula is C25H26N4O. The van der Waals surface area contributed by atoms with Gasteiger partial charge in [0.1, 0.15) is 17.2 Å². The minimum atomic E-state index is 0.790. The van der Waals surface area contributed by atoms with Crippen LogP contribution in [0, 0.1) is 13.8 Å². The highest BCUT2D eigenvalue weighted by Crippen LogP contribution is 2.33. The van der Waals surface area contributed by atoms with Gasteiger partial charge in [0, 0.05) is 36.2 Å². The summed E-state index contributed by atoms with van der Waals surface area (Å²) in [6.07, 6.45) is 2.13. The number of pyridine rings is 1. The highest BCUT2D eigenvalue weighted by molar-refractivity contribution is 5.81. The molecule has 0 atom stereocenters. The Morgan fingerprint density at radius 3 is 2.43 bits per heavy atom. The average Bonchev–Trinajstić information content (AvgIpc) is 3.13. The van der Waals surface area contributed by atoms with Gasteiger partial charge in [-0.15, -0.1) is 0 Å². The van der Waals surface area contributed by atoms with Gasteiger partial charge in [0.05, 0.1) is 13.2 Å². The van der Waals surface area contributed by atoms with Gasteiger partial charge in [-0.1, -0.05) is 36.4 Å². The van der Waals surface area contributed by atoms with E-state index >= 15 is 0 Å². The molecule has 30 heavy (non-hydrogen) atoms.